The van der Waals surface area contributed by atoms with E-state index in [-0.39, 0.29) is 6.10 Å². The molecule has 0 amide bonds. The number of piperidine rings is 1. The van der Waals surface area contributed by atoms with E-state index in [4.69, 9.17) is 4.74 Å². The number of aliphatic hydroxyl groups is 1. The second-order valence-electron chi connectivity index (χ2n) is 6.96. The second-order valence-corrected chi connectivity index (χ2v) is 6.96. The molecule has 0 aromatic heterocycles. The van der Waals surface area contributed by atoms with Gasteiger partial charge in [0.05, 0.1) is 18.8 Å². The summed E-state index contributed by atoms with van der Waals surface area (Å²) < 4.78 is 5.96. The van der Waals surface area contributed by atoms with E-state index >= 15 is 0 Å². The molecule has 1 aliphatic heterocycles. The highest BCUT2D eigenvalue weighted by Gasteiger charge is 2.23. The molecule has 1 aromatic carbocycles. The van der Waals surface area contributed by atoms with Crippen molar-refractivity contribution < 1.29 is 9.84 Å². The second kappa shape index (κ2) is 8.66. The molecule has 1 fully saturated rings. The molecule has 1 saturated heterocycles. The quantitative estimate of drug-likeness (QED) is 0.837. The van der Waals surface area contributed by atoms with Crippen LogP contribution >= 0.6 is 0 Å². The Morgan fingerprint density at radius 2 is 1.82 bits per heavy atom. The van der Waals surface area contributed by atoms with Crippen LogP contribution in [0.4, 0.5) is 0 Å². The third-order valence-electron chi connectivity index (χ3n) is 4.45. The summed E-state index contributed by atoms with van der Waals surface area (Å²) in [5.41, 5.74) is 1.19. The Hall–Kier alpha value is -0.900. The highest BCUT2D eigenvalue weighted by Crippen LogP contribution is 2.22. The lowest BCUT2D eigenvalue weighted by atomic mass is 9.92. The van der Waals surface area contributed by atoms with Crippen LogP contribution in [0.5, 0.6) is 0 Å². The molecule has 0 saturated carbocycles. The van der Waals surface area contributed by atoms with Crippen molar-refractivity contribution in [2.45, 2.75) is 45.8 Å². The van der Waals surface area contributed by atoms with E-state index in [1.165, 1.54) is 12.0 Å². The lowest BCUT2D eigenvalue weighted by Gasteiger charge is -2.36. The Labute approximate surface area is 135 Å². The Kier molecular flexibility index (Phi) is 6.87. The molecule has 3 nitrogen and oxygen atoms in total. The highest BCUT2D eigenvalue weighted by atomic mass is 16.5. The van der Waals surface area contributed by atoms with Gasteiger partial charge in [-0.1, -0.05) is 51.1 Å². The van der Waals surface area contributed by atoms with E-state index in [1.807, 2.05) is 18.2 Å². The Balaban J connectivity index is 1.78. The smallest absolute Gasteiger partial charge is 0.0900 e. The van der Waals surface area contributed by atoms with Crippen molar-refractivity contribution in [2.24, 2.45) is 11.8 Å². The van der Waals surface area contributed by atoms with Gasteiger partial charge in [-0.15, -0.1) is 0 Å². The van der Waals surface area contributed by atoms with Crippen LogP contribution in [0.15, 0.2) is 30.3 Å². The van der Waals surface area contributed by atoms with E-state index in [9.17, 15) is 5.11 Å². The molecule has 22 heavy (non-hydrogen) atoms. The molecule has 124 valence electrons. The minimum Gasteiger partial charge on any atom is -0.389 e. The van der Waals surface area contributed by atoms with Crippen LogP contribution in [-0.4, -0.2) is 42.4 Å². The zero-order valence-corrected chi connectivity index (χ0v) is 14.2. The molecule has 3 heteroatoms. The van der Waals surface area contributed by atoms with E-state index in [2.05, 4.69) is 37.8 Å². The first kappa shape index (κ1) is 17.5. The van der Waals surface area contributed by atoms with Crippen LogP contribution in [0.2, 0.25) is 0 Å². The number of hydrogen-bond acceptors (Lipinski definition) is 3. The summed E-state index contributed by atoms with van der Waals surface area (Å²) in [6.07, 6.45) is 1.90. The molecule has 4 atom stereocenters. The first-order chi connectivity index (χ1) is 10.6. The number of hydrogen-bond donors (Lipinski definition) is 1. The maximum absolute atomic E-state index is 10.3. The van der Waals surface area contributed by atoms with Crippen molar-refractivity contribution in [1.29, 1.82) is 0 Å². The maximum atomic E-state index is 10.3. The summed E-state index contributed by atoms with van der Waals surface area (Å²) in [7, 11) is 0. The van der Waals surface area contributed by atoms with Crippen LogP contribution in [0.3, 0.4) is 0 Å². The fourth-order valence-electron chi connectivity index (χ4n) is 3.64. The molecule has 0 bridgehead atoms. The highest BCUT2D eigenvalue weighted by molar-refractivity contribution is 5.17. The van der Waals surface area contributed by atoms with Crippen molar-refractivity contribution in [2.75, 3.05) is 26.2 Å². The first-order valence-corrected chi connectivity index (χ1v) is 8.65. The van der Waals surface area contributed by atoms with Crippen molar-refractivity contribution in [3.63, 3.8) is 0 Å². The van der Waals surface area contributed by atoms with Crippen molar-refractivity contribution in [3.8, 4) is 0 Å². The number of benzene rings is 1. The van der Waals surface area contributed by atoms with Gasteiger partial charge < -0.3 is 14.7 Å². The fraction of sp³-hybridized carbons (Fsp3) is 0.684. The minimum atomic E-state index is -0.407. The van der Waals surface area contributed by atoms with Crippen LogP contribution in [0.1, 0.15) is 45.3 Å². The number of β-amino-alcohol motifs (C(OH)–C–C–N with tert-alkyl or cyclic N) is 1. The molecular formula is C19H31NO2. The third-order valence-corrected chi connectivity index (χ3v) is 4.45. The van der Waals surface area contributed by atoms with Crippen molar-refractivity contribution >= 4 is 0 Å². The average molecular weight is 305 g/mol. The monoisotopic (exact) mass is 305 g/mol. The van der Waals surface area contributed by atoms with Crippen LogP contribution in [0.25, 0.3) is 0 Å². The summed E-state index contributed by atoms with van der Waals surface area (Å²) in [4.78, 5) is 2.39. The molecule has 1 heterocycles. The number of ether oxygens (including phenoxy) is 1. The van der Waals surface area contributed by atoms with Gasteiger partial charge in [0, 0.05) is 19.6 Å². The number of rotatable bonds is 7. The molecular weight excluding hydrogens is 274 g/mol. The maximum Gasteiger partial charge on any atom is 0.0900 e. The van der Waals surface area contributed by atoms with E-state index in [1.54, 1.807) is 0 Å². The standard InChI is InChI=1S/C19H31NO2/c1-4-19(17-8-6-5-7-9-17)22-14-18(21)13-20-11-15(2)10-16(3)12-20/h5-9,15-16,18-19,21H,4,10-14H2,1-3H3/t15-,16-,18-,19+/m1/s1. The SMILES string of the molecule is CC[C@H](OC[C@H](O)CN1C[C@H](C)C[C@@H](C)C1)c1ccccc1. The van der Waals surface area contributed by atoms with Crippen LogP contribution in [-0.2, 0) is 4.74 Å². The molecule has 0 aliphatic carbocycles. The summed E-state index contributed by atoms with van der Waals surface area (Å²) >= 11 is 0. The van der Waals surface area contributed by atoms with Gasteiger partial charge in [-0.2, -0.15) is 0 Å². The van der Waals surface area contributed by atoms with Crippen LogP contribution < -0.4 is 0 Å². The van der Waals surface area contributed by atoms with Crippen molar-refractivity contribution in [3.05, 3.63) is 35.9 Å². The molecule has 0 spiro atoms. The summed E-state index contributed by atoms with van der Waals surface area (Å²) in [5.74, 6) is 1.45. The van der Waals surface area contributed by atoms with E-state index in [0.717, 1.165) is 37.9 Å². The number of nitrogens with zero attached hydrogens (tertiary/aromatic N) is 1. The summed E-state index contributed by atoms with van der Waals surface area (Å²) in [6.45, 7) is 10.0. The topological polar surface area (TPSA) is 32.7 Å². The van der Waals surface area contributed by atoms with E-state index in [0.29, 0.717) is 6.61 Å². The molecule has 2 rings (SSSR count). The lowest BCUT2D eigenvalue weighted by molar-refractivity contribution is -0.0297. The van der Waals surface area contributed by atoms with Gasteiger partial charge in [0.25, 0.3) is 0 Å². The van der Waals surface area contributed by atoms with Gasteiger partial charge in [-0.25, -0.2) is 0 Å². The number of likely N-dealkylation sites (tertiary alicyclic amines) is 1. The van der Waals surface area contributed by atoms with Gasteiger partial charge >= 0.3 is 0 Å². The summed E-state index contributed by atoms with van der Waals surface area (Å²) in [6, 6.07) is 10.3. The zero-order chi connectivity index (χ0) is 15.9. The predicted molar refractivity (Wildman–Crippen MR) is 90.8 cm³/mol. The fourth-order valence-corrected chi connectivity index (χ4v) is 3.64. The van der Waals surface area contributed by atoms with Gasteiger partial charge in [0.1, 0.15) is 0 Å². The Morgan fingerprint density at radius 3 is 2.41 bits per heavy atom. The van der Waals surface area contributed by atoms with Crippen LogP contribution in [0, 0.1) is 11.8 Å². The zero-order valence-electron chi connectivity index (χ0n) is 14.2. The molecule has 0 radical (unpaired) electrons. The molecule has 1 aromatic rings. The molecule has 0 unspecified atom stereocenters. The van der Waals surface area contributed by atoms with Crippen molar-refractivity contribution in [1.82, 2.24) is 4.90 Å². The molecule has 1 N–H and O–H groups in total. The van der Waals surface area contributed by atoms with Gasteiger partial charge in [-0.05, 0) is 30.2 Å². The van der Waals surface area contributed by atoms with E-state index < -0.39 is 6.10 Å². The summed E-state index contributed by atoms with van der Waals surface area (Å²) in [5, 5.41) is 10.3. The third kappa shape index (κ3) is 5.38. The normalized spacial score (nSPS) is 25.8. The first-order valence-electron chi connectivity index (χ1n) is 8.65. The Bertz CT molecular complexity index is 413. The Morgan fingerprint density at radius 1 is 1.18 bits per heavy atom. The van der Waals surface area contributed by atoms with Gasteiger partial charge in [0.2, 0.25) is 0 Å². The lowest BCUT2D eigenvalue weighted by Crippen LogP contribution is -2.43. The number of aliphatic hydroxyl groups excluding tert-OH is 1. The predicted octanol–water partition coefficient (Wildman–Crippen LogP) is 3.49. The van der Waals surface area contributed by atoms with Gasteiger partial charge in [-0.3, -0.25) is 0 Å². The largest absolute Gasteiger partial charge is 0.389 e. The minimum absolute atomic E-state index is 0.0788. The average Bonchev–Trinajstić information content (AvgIpc) is 2.48. The van der Waals surface area contributed by atoms with Gasteiger partial charge in [0.15, 0.2) is 0 Å². The molecule has 1 aliphatic rings.